The van der Waals surface area contributed by atoms with Crippen molar-refractivity contribution in [2.24, 2.45) is 4.99 Å². The molecular weight excluding hydrogens is 399 g/mol. The molecule has 0 N–H and O–H groups in total. The maximum absolute atomic E-state index is 13.5. The maximum atomic E-state index is 13.5. The first-order valence-electron chi connectivity index (χ1n) is 8.39. The van der Waals surface area contributed by atoms with Crippen LogP contribution in [0, 0.1) is 5.82 Å². The van der Waals surface area contributed by atoms with Crippen LogP contribution in [0.3, 0.4) is 0 Å². The quantitative estimate of drug-likeness (QED) is 0.619. The van der Waals surface area contributed by atoms with Gasteiger partial charge in [0.05, 0.1) is 29.0 Å². The Kier molecular flexibility index (Phi) is 4.82. The molecule has 0 saturated heterocycles. The normalized spacial score (nSPS) is 16.7. The van der Waals surface area contributed by atoms with E-state index in [0.29, 0.717) is 20.6 Å². The summed E-state index contributed by atoms with van der Waals surface area (Å²) < 4.78 is 20.4. The average Bonchev–Trinajstić information content (AvgIpc) is 3.29. The van der Waals surface area contributed by atoms with E-state index in [9.17, 15) is 14.0 Å². The Hall–Kier alpha value is -2.84. The predicted octanol–water partition coefficient (Wildman–Crippen LogP) is 2.61. The van der Waals surface area contributed by atoms with Gasteiger partial charge in [-0.3, -0.25) is 9.36 Å². The minimum absolute atomic E-state index is 0.250. The summed E-state index contributed by atoms with van der Waals surface area (Å²) in [4.78, 5) is 31.6. The van der Waals surface area contributed by atoms with E-state index in [2.05, 4.69) is 4.99 Å². The van der Waals surface area contributed by atoms with Gasteiger partial charge in [0.15, 0.2) is 4.80 Å². The largest absolute Gasteiger partial charge is 0.466 e. The SMILES string of the molecule is COC(=O)C1=C(C)N=c2sc(=Cc3cccs3)c(=O)n2[C@H]1c1ccc(F)cc1. The van der Waals surface area contributed by atoms with Gasteiger partial charge in [-0.1, -0.05) is 29.5 Å². The molecule has 3 aromatic rings. The Morgan fingerprint density at radius 2 is 2.04 bits per heavy atom. The van der Waals surface area contributed by atoms with Crippen molar-refractivity contribution in [3.8, 4) is 0 Å². The number of aromatic nitrogens is 1. The number of hydrogen-bond donors (Lipinski definition) is 0. The van der Waals surface area contributed by atoms with Gasteiger partial charge in [-0.2, -0.15) is 0 Å². The number of benzene rings is 1. The highest BCUT2D eigenvalue weighted by molar-refractivity contribution is 7.11. The smallest absolute Gasteiger partial charge is 0.338 e. The zero-order valence-electron chi connectivity index (χ0n) is 15.0. The molecule has 3 heterocycles. The number of allylic oxidation sites excluding steroid dienone is 1. The van der Waals surface area contributed by atoms with Crippen molar-refractivity contribution in [1.29, 1.82) is 0 Å². The highest BCUT2D eigenvalue weighted by atomic mass is 32.1. The monoisotopic (exact) mass is 414 g/mol. The Balaban J connectivity index is 2.00. The minimum Gasteiger partial charge on any atom is -0.466 e. The van der Waals surface area contributed by atoms with E-state index in [1.165, 1.54) is 46.5 Å². The number of thiazole rings is 1. The lowest BCUT2D eigenvalue weighted by Gasteiger charge is -2.24. The van der Waals surface area contributed by atoms with Crippen LogP contribution >= 0.6 is 22.7 Å². The summed E-state index contributed by atoms with van der Waals surface area (Å²) in [6.45, 7) is 1.71. The van der Waals surface area contributed by atoms with Crippen LogP contribution in [0.4, 0.5) is 4.39 Å². The van der Waals surface area contributed by atoms with E-state index in [-0.39, 0.29) is 11.1 Å². The topological polar surface area (TPSA) is 60.7 Å². The Bertz CT molecular complexity index is 1250. The molecule has 5 nitrogen and oxygen atoms in total. The van der Waals surface area contributed by atoms with Crippen molar-refractivity contribution < 1.29 is 13.9 Å². The molecular formula is C20H15FN2O3S2. The van der Waals surface area contributed by atoms with Crippen LogP contribution in [0.15, 0.2) is 62.8 Å². The van der Waals surface area contributed by atoms with Crippen molar-refractivity contribution in [3.63, 3.8) is 0 Å². The highest BCUT2D eigenvalue weighted by Crippen LogP contribution is 2.30. The number of thiophene rings is 1. The first kappa shape index (κ1) is 18.5. The molecule has 8 heteroatoms. The lowest BCUT2D eigenvalue weighted by Crippen LogP contribution is -2.39. The second-order valence-corrected chi connectivity index (χ2v) is 8.13. The number of fused-ring (bicyclic) bond motifs is 1. The second-order valence-electron chi connectivity index (χ2n) is 6.14. The van der Waals surface area contributed by atoms with Gasteiger partial charge >= 0.3 is 5.97 Å². The van der Waals surface area contributed by atoms with Gasteiger partial charge in [0, 0.05) is 4.88 Å². The predicted molar refractivity (Wildman–Crippen MR) is 107 cm³/mol. The second kappa shape index (κ2) is 7.29. The van der Waals surface area contributed by atoms with Gasteiger partial charge in [-0.25, -0.2) is 14.2 Å². The number of ether oxygens (including phenoxy) is 1. The summed E-state index contributed by atoms with van der Waals surface area (Å²) in [6.07, 6.45) is 1.81. The molecule has 1 aliphatic rings. The van der Waals surface area contributed by atoms with E-state index in [0.717, 1.165) is 4.88 Å². The Morgan fingerprint density at radius 1 is 1.29 bits per heavy atom. The number of carbonyl (C=O) groups excluding carboxylic acids is 1. The zero-order valence-corrected chi connectivity index (χ0v) is 16.6. The van der Waals surface area contributed by atoms with E-state index in [1.54, 1.807) is 19.1 Å². The molecule has 0 bridgehead atoms. The molecule has 1 aliphatic heterocycles. The van der Waals surface area contributed by atoms with Gasteiger partial charge < -0.3 is 4.74 Å². The molecule has 0 fully saturated rings. The van der Waals surface area contributed by atoms with Crippen molar-refractivity contribution in [2.75, 3.05) is 7.11 Å². The number of esters is 1. The Labute approximate surface area is 167 Å². The molecule has 0 spiro atoms. The van der Waals surface area contributed by atoms with Crippen LogP contribution in [-0.2, 0) is 9.53 Å². The van der Waals surface area contributed by atoms with E-state index < -0.39 is 17.8 Å². The summed E-state index contributed by atoms with van der Waals surface area (Å²) in [5.41, 5.74) is 1.11. The van der Waals surface area contributed by atoms with Crippen LogP contribution in [0.1, 0.15) is 23.4 Å². The lowest BCUT2D eigenvalue weighted by atomic mass is 9.96. The number of nitrogens with zero attached hydrogens (tertiary/aromatic N) is 2. The third-order valence-corrected chi connectivity index (χ3v) is 6.23. The zero-order chi connectivity index (χ0) is 19.8. The first-order valence-corrected chi connectivity index (χ1v) is 10.1. The summed E-state index contributed by atoms with van der Waals surface area (Å²) in [5, 5.41) is 1.93. The van der Waals surface area contributed by atoms with Gasteiger partial charge in [0.2, 0.25) is 0 Å². The van der Waals surface area contributed by atoms with E-state index >= 15 is 0 Å². The average molecular weight is 414 g/mol. The summed E-state index contributed by atoms with van der Waals surface area (Å²) in [7, 11) is 1.28. The lowest BCUT2D eigenvalue weighted by molar-refractivity contribution is -0.136. The first-order chi connectivity index (χ1) is 13.5. The fraction of sp³-hybridized carbons (Fsp3) is 0.150. The van der Waals surface area contributed by atoms with Gasteiger partial charge in [-0.05, 0) is 42.1 Å². The minimum atomic E-state index is -0.727. The number of methoxy groups -OCH3 is 1. The van der Waals surface area contributed by atoms with Crippen LogP contribution in [0.5, 0.6) is 0 Å². The van der Waals surface area contributed by atoms with Crippen molar-refractivity contribution in [3.05, 3.63) is 89.0 Å². The number of carbonyl (C=O) groups is 1. The van der Waals surface area contributed by atoms with Crippen molar-refractivity contribution >= 4 is 34.7 Å². The molecule has 0 saturated carbocycles. The standard InChI is InChI=1S/C20H15FN2O3S2/c1-11-16(19(25)26-2)17(12-5-7-13(21)8-6-12)23-18(24)15(28-20(23)22-11)10-14-4-3-9-27-14/h3-10,17H,1-2H3/t17-/m0/s1. The fourth-order valence-corrected chi connectivity index (χ4v) is 4.93. The van der Waals surface area contributed by atoms with E-state index in [4.69, 9.17) is 4.74 Å². The molecule has 1 aromatic carbocycles. The maximum Gasteiger partial charge on any atom is 0.338 e. The summed E-state index contributed by atoms with van der Waals surface area (Å²) >= 11 is 2.79. The third-order valence-electron chi connectivity index (χ3n) is 4.43. The molecule has 28 heavy (non-hydrogen) atoms. The molecule has 0 amide bonds. The van der Waals surface area contributed by atoms with Crippen molar-refractivity contribution in [2.45, 2.75) is 13.0 Å². The van der Waals surface area contributed by atoms with Crippen LogP contribution < -0.4 is 14.9 Å². The molecule has 0 aliphatic carbocycles. The molecule has 2 aromatic heterocycles. The molecule has 0 radical (unpaired) electrons. The molecule has 0 unspecified atom stereocenters. The molecule has 4 rings (SSSR count). The van der Waals surface area contributed by atoms with Crippen LogP contribution in [-0.4, -0.2) is 17.6 Å². The van der Waals surface area contributed by atoms with Crippen LogP contribution in [0.2, 0.25) is 0 Å². The van der Waals surface area contributed by atoms with Crippen molar-refractivity contribution in [1.82, 2.24) is 4.57 Å². The Morgan fingerprint density at radius 3 is 2.68 bits per heavy atom. The van der Waals surface area contributed by atoms with Gasteiger partial charge in [-0.15, -0.1) is 11.3 Å². The fourth-order valence-electron chi connectivity index (χ4n) is 3.16. The highest BCUT2D eigenvalue weighted by Gasteiger charge is 2.33. The summed E-state index contributed by atoms with van der Waals surface area (Å²) in [5.74, 6) is -0.961. The number of hydrogen-bond acceptors (Lipinski definition) is 6. The molecule has 1 atom stereocenters. The number of halogens is 1. The molecule has 142 valence electrons. The summed E-state index contributed by atoms with van der Waals surface area (Å²) in [6, 6.07) is 8.85. The van der Waals surface area contributed by atoms with E-state index in [1.807, 2.05) is 23.6 Å². The number of rotatable bonds is 3. The van der Waals surface area contributed by atoms with Gasteiger partial charge in [0.1, 0.15) is 5.82 Å². The van der Waals surface area contributed by atoms with Gasteiger partial charge in [0.25, 0.3) is 5.56 Å². The third kappa shape index (κ3) is 3.14. The van der Waals surface area contributed by atoms with Crippen LogP contribution in [0.25, 0.3) is 6.08 Å².